The Kier molecular flexibility index (Phi) is 6.15. The number of carboxylic acid groups (broad SMARTS) is 1. The Morgan fingerprint density at radius 2 is 1.78 bits per heavy atom. The molecule has 1 unspecified atom stereocenters. The number of carboxylic acids is 1. The second kappa shape index (κ2) is 6.61. The van der Waals surface area contributed by atoms with Gasteiger partial charge in [0.05, 0.1) is 5.92 Å². The first-order valence-electron chi connectivity index (χ1n) is 6.28. The molecule has 0 aromatic heterocycles. The van der Waals surface area contributed by atoms with Crippen LogP contribution in [0.2, 0.25) is 0 Å². The molecule has 0 saturated carbocycles. The van der Waals surface area contributed by atoms with Crippen LogP contribution in [0.3, 0.4) is 0 Å². The second-order valence-corrected chi connectivity index (χ2v) is 6.19. The summed E-state index contributed by atoms with van der Waals surface area (Å²) in [5.41, 5.74) is -0.0717. The normalized spacial score (nSPS) is 13.3. The lowest BCUT2D eigenvalue weighted by atomic mass is 9.84. The third-order valence-corrected chi connectivity index (χ3v) is 2.80. The van der Waals surface area contributed by atoms with E-state index in [-0.39, 0.29) is 24.0 Å². The summed E-state index contributed by atoms with van der Waals surface area (Å²) in [6, 6.07) is -0.138. The number of hydrogen-bond acceptors (Lipinski definition) is 2. The van der Waals surface area contributed by atoms with Crippen molar-refractivity contribution in [3.63, 3.8) is 0 Å². The molecule has 0 aliphatic carbocycles. The Hall–Kier alpha value is -1.26. The van der Waals surface area contributed by atoms with E-state index in [1.807, 2.05) is 34.6 Å². The van der Waals surface area contributed by atoms with E-state index in [2.05, 4.69) is 5.32 Å². The van der Waals surface area contributed by atoms with Gasteiger partial charge in [0, 0.05) is 19.6 Å². The van der Waals surface area contributed by atoms with Crippen molar-refractivity contribution in [1.82, 2.24) is 10.2 Å². The molecule has 18 heavy (non-hydrogen) atoms. The summed E-state index contributed by atoms with van der Waals surface area (Å²) in [5, 5.41) is 11.8. The fourth-order valence-corrected chi connectivity index (χ4v) is 1.56. The standard InChI is InChI=1S/C13H26N2O3/c1-9(2)15(6)12(18)14-8-10(11(16)17)7-13(3,4)5/h9-10H,7-8H2,1-6H3,(H,14,18)(H,16,17). The van der Waals surface area contributed by atoms with E-state index in [4.69, 9.17) is 5.11 Å². The third-order valence-electron chi connectivity index (χ3n) is 2.80. The highest BCUT2D eigenvalue weighted by molar-refractivity contribution is 5.76. The highest BCUT2D eigenvalue weighted by Crippen LogP contribution is 2.24. The monoisotopic (exact) mass is 258 g/mol. The van der Waals surface area contributed by atoms with Gasteiger partial charge < -0.3 is 15.3 Å². The maximum absolute atomic E-state index is 11.7. The van der Waals surface area contributed by atoms with Crippen molar-refractivity contribution in [2.45, 2.75) is 47.1 Å². The summed E-state index contributed by atoms with van der Waals surface area (Å²) in [6.45, 7) is 9.95. The van der Waals surface area contributed by atoms with E-state index < -0.39 is 11.9 Å². The zero-order chi connectivity index (χ0) is 14.5. The van der Waals surface area contributed by atoms with E-state index in [0.717, 1.165) is 0 Å². The number of nitrogens with zero attached hydrogens (tertiary/aromatic N) is 1. The summed E-state index contributed by atoms with van der Waals surface area (Å²) >= 11 is 0. The van der Waals surface area contributed by atoms with Gasteiger partial charge in [-0.05, 0) is 25.7 Å². The molecule has 5 heteroatoms. The average Bonchev–Trinajstić information content (AvgIpc) is 2.20. The van der Waals surface area contributed by atoms with E-state index in [1.54, 1.807) is 11.9 Å². The Morgan fingerprint density at radius 3 is 2.11 bits per heavy atom. The highest BCUT2D eigenvalue weighted by atomic mass is 16.4. The van der Waals surface area contributed by atoms with Gasteiger partial charge in [-0.1, -0.05) is 20.8 Å². The average molecular weight is 258 g/mol. The Balaban J connectivity index is 4.37. The highest BCUT2D eigenvalue weighted by Gasteiger charge is 2.25. The van der Waals surface area contributed by atoms with Crippen LogP contribution in [0.25, 0.3) is 0 Å². The fourth-order valence-electron chi connectivity index (χ4n) is 1.56. The van der Waals surface area contributed by atoms with Gasteiger partial charge in [0.15, 0.2) is 0 Å². The summed E-state index contributed by atoms with van der Waals surface area (Å²) in [5.74, 6) is -1.41. The number of carbonyl (C=O) groups excluding carboxylic acids is 1. The van der Waals surface area contributed by atoms with Crippen molar-refractivity contribution in [3.05, 3.63) is 0 Å². The molecule has 0 aliphatic rings. The van der Waals surface area contributed by atoms with Crippen LogP contribution < -0.4 is 5.32 Å². The molecule has 0 fully saturated rings. The minimum Gasteiger partial charge on any atom is -0.481 e. The number of rotatable bonds is 5. The van der Waals surface area contributed by atoms with Gasteiger partial charge in [-0.25, -0.2) is 4.79 Å². The number of urea groups is 1. The zero-order valence-corrected chi connectivity index (χ0v) is 12.3. The zero-order valence-electron chi connectivity index (χ0n) is 12.3. The van der Waals surface area contributed by atoms with E-state index in [0.29, 0.717) is 6.42 Å². The first-order valence-corrected chi connectivity index (χ1v) is 6.28. The molecule has 0 aromatic carbocycles. The molecule has 0 spiro atoms. The molecule has 2 amide bonds. The van der Waals surface area contributed by atoms with Crippen molar-refractivity contribution in [1.29, 1.82) is 0 Å². The fraction of sp³-hybridized carbons (Fsp3) is 0.846. The molecular formula is C13H26N2O3. The van der Waals surface area contributed by atoms with Crippen molar-refractivity contribution in [2.75, 3.05) is 13.6 Å². The predicted octanol–water partition coefficient (Wildman–Crippen LogP) is 2.17. The Morgan fingerprint density at radius 1 is 1.28 bits per heavy atom. The van der Waals surface area contributed by atoms with Crippen LogP contribution in [0, 0.1) is 11.3 Å². The van der Waals surface area contributed by atoms with Crippen LogP contribution >= 0.6 is 0 Å². The quantitative estimate of drug-likeness (QED) is 0.794. The molecule has 106 valence electrons. The first kappa shape index (κ1) is 16.7. The molecule has 0 radical (unpaired) electrons. The minimum absolute atomic E-state index is 0.0717. The minimum atomic E-state index is -0.863. The molecule has 0 heterocycles. The molecule has 0 saturated heterocycles. The van der Waals surface area contributed by atoms with Crippen molar-refractivity contribution < 1.29 is 14.7 Å². The molecule has 1 atom stereocenters. The predicted molar refractivity (Wildman–Crippen MR) is 71.5 cm³/mol. The van der Waals surface area contributed by atoms with Crippen molar-refractivity contribution in [2.24, 2.45) is 11.3 Å². The molecule has 0 aliphatic heterocycles. The van der Waals surface area contributed by atoms with Crippen LogP contribution in [-0.4, -0.2) is 41.6 Å². The molecular weight excluding hydrogens is 232 g/mol. The summed E-state index contributed by atoms with van der Waals surface area (Å²) < 4.78 is 0. The number of nitrogens with one attached hydrogen (secondary N) is 1. The number of amides is 2. The maximum Gasteiger partial charge on any atom is 0.317 e. The lowest BCUT2D eigenvalue weighted by Crippen LogP contribution is -2.44. The summed E-state index contributed by atoms with van der Waals surface area (Å²) in [6.07, 6.45) is 0.536. The number of hydrogen-bond donors (Lipinski definition) is 2. The Bertz CT molecular complexity index is 295. The molecule has 5 nitrogen and oxygen atoms in total. The molecule has 0 bridgehead atoms. The van der Waals surface area contributed by atoms with Crippen LogP contribution in [0.4, 0.5) is 4.79 Å². The number of carbonyl (C=O) groups is 2. The van der Waals surface area contributed by atoms with Gasteiger partial charge in [-0.15, -0.1) is 0 Å². The topological polar surface area (TPSA) is 69.6 Å². The van der Waals surface area contributed by atoms with E-state index in [9.17, 15) is 9.59 Å². The largest absolute Gasteiger partial charge is 0.481 e. The lowest BCUT2D eigenvalue weighted by molar-refractivity contribution is -0.142. The summed E-state index contributed by atoms with van der Waals surface area (Å²) in [4.78, 5) is 24.4. The smallest absolute Gasteiger partial charge is 0.317 e. The molecule has 0 aromatic rings. The Labute approximate surface area is 110 Å². The van der Waals surface area contributed by atoms with Gasteiger partial charge in [-0.2, -0.15) is 0 Å². The third kappa shape index (κ3) is 6.47. The maximum atomic E-state index is 11.7. The molecule has 2 N–H and O–H groups in total. The second-order valence-electron chi connectivity index (χ2n) is 6.19. The van der Waals surface area contributed by atoms with Crippen LogP contribution in [-0.2, 0) is 4.79 Å². The van der Waals surface area contributed by atoms with E-state index in [1.165, 1.54) is 0 Å². The van der Waals surface area contributed by atoms with Gasteiger partial charge in [-0.3, -0.25) is 4.79 Å². The van der Waals surface area contributed by atoms with Gasteiger partial charge in [0.1, 0.15) is 0 Å². The van der Waals surface area contributed by atoms with Gasteiger partial charge >= 0.3 is 12.0 Å². The van der Waals surface area contributed by atoms with E-state index >= 15 is 0 Å². The van der Waals surface area contributed by atoms with Crippen molar-refractivity contribution in [3.8, 4) is 0 Å². The van der Waals surface area contributed by atoms with Gasteiger partial charge in [0.25, 0.3) is 0 Å². The van der Waals surface area contributed by atoms with Gasteiger partial charge in [0.2, 0.25) is 0 Å². The van der Waals surface area contributed by atoms with Crippen LogP contribution in [0.5, 0.6) is 0 Å². The SMILES string of the molecule is CC(C)N(C)C(=O)NCC(CC(C)(C)C)C(=O)O. The van der Waals surface area contributed by atoms with Crippen molar-refractivity contribution >= 4 is 12.0 Å². The molecule has 0 rings (SSSR count). The lowest BCUT2D eigenvalue weighted by Gasteiger charge is -2.26. The van der Waals surface area contributed by atoms with Crippen LogP contribution in [0.15, 0.2) is 0 Å². The number of aliphatic carboxylic acids is 1. The summed E-state index contributed by atoms with van der Waals surface area (Å²) in [7, 11) is 1.69. The van der Waals surface area contributed by atoms with Crippen LogP contribution in [0.1, 0.15) is 41.0 Å². The first-order chi connectivity index (χ1) is 8.04.